The number of carboxylic acids is 2. The van der Waals surface area contributed by atoms with E-state index in [2.05, 4.69) is 29.5 Å². The molecule has 5 heterocycles. The molecule has 0 radical (unpaired) electrons. The number of aromatic nitrogens is 4. The van der Waals surface area contributed by atoms with Crippen LogP contribution in [0.2, 0.25) is 0 Å². The molecule has 12 heteroatoms. The van der Waals surface area contributed by atoms with E-state index < -0.39 is 18.4 Å². The van der Waals surface area contributed by atoms with E-state index in [0.29, 0.717) is 29.1 Å². The average molecular weight is 713 g/mol. The Bertz CT molecular complexity index is 1990. The Morgan fingerprint density at radius 3 is 2.23 bits per heavy atom. The number of carbonyl (C=O) groups is 3. The van der Waals surface area contributed by atoms with Gasteiger partial charge in [-0.05, 0) is 81.0 Å². The zero-order chi connectivity index (χ0) is 33.4. The van der Waals surface area contributed by atoms with Gasteiger partial charge in [0.2, 0.25) is 0 Å². The Morgan fingerprint density at radius 2 is 1.62 bits per heavy atom. The minimum absolute atomic E-state index is 0. The van der Waals surface area contributed by atoms with E-state index in [1.165, 1.54) is 0 Å². The zero-order valence-corrected chi connectivity index (χ0v) is 33.8. The third-order valence-electron chi connectivity index (χ3n) is 9.24. The van der Waals surface area contributed by atoms with Gasteiger partial charge in [0.25, 0.3) is 0 Å². The van der Waals surface area contributed by atoms with Crippen LogP contribution in [0, 0.1) is 13.8 Å². The van der Waals surface area contributed by atoms with Gasteiger partial charge in [-0.25, -0.2) is 9.78 Å². The van der Waals surface area contributed by atoms with E-state index in [4.69, 9.17) is 14.7 Å². The molecule has 4 N–H and O–H groups in total. The van der Waals surface area contributed by atoms with E-state index in [9.17, 15) is 24.6 Å². The molecule has 0 aliphatic carbocycles. The molecule has 5 rings (SSSR count). The number of aromatic amines is 2. The van der Waals surface area contributed by atoms with Gasteiger partial charge in [0.1, 0.15) is 0 Å². The number of esters is 1. The first-order valence-electron chi connectivity index (χ1n) is 15.6. The molecular formula is C36H40N4NaO6Zn+3. The van der Waals surface area contributed by atoms with Crippen LogP contribution < -0.4 is 29.6 Å². The number of allylic oxidation sites excluding steroid dienone is 1. The Labute approximate surface area is 314 Å². The van der Waals surface area contributed by atoms with E-state index in [0.717, 1.165) is 50.7 Å². The van der Waals surface area contributed by atoms with Gasteiger partial charge in [-0.15, -0.1) is 0 Å². The normalized spacial score (nSPS) is 15.4. The van der Waals surface area contributed by atoms with Crippen molar-refractivity contribution in [2.75, 3.05) is 6.61 Å². The van der Waals surface area contributed by atoms with Crippen molar-refractivity contribution in [1.29, 1.82) is 0 Å². The molecule has 2 aliphatic rings. The number of H-pyrrole nitrogens is 2. The summed E-state index contributed by atoms with van der Waals surface area (Å²) in [4.78, 5) is 54.4. The topological polar surface area (TPSA) is 158 Å². The summed E-state index contributed by atoms with van der Waals surface area (Å²) in [6.45, 7) is 15.8. The smallest absolute Gasteiger partial charge is 0.481 e. The fraction of sp³-hybridized carbons (Fsp3) is 0.361. The van der Waals surface area contributed by atoms with Crippen LogP contribution in [0.25, 0.3) is 39.3 Å². The van der Waals surface area contributed by atoms with Crippen LogP contribution in [0.4, 0.5) is 0 Å². The molecule has 0 fully saturated rings. The molecule has 240 valence electrons. The molecule has 0 saturated carbocycles. The van der Waals surface area contributed by atoms with E-state index in [-0.39, 0.29) is 96.7 Å². The Hall–Kier alpha value is -3.37. The van der Waals surface area contributed by atoms with Crippen molar-refractivity contribution < 1.29 is 78.4 Å². The molecule has 0 spiro atoms. The number of nitrogens with one attached hydrogen (secondary N) is 2. The summed E-state index contributed by atoms with van der Waals surface area (Å²) in [6, 6.07) is 5.84. The van der Waals surface area contributed by atoms with Crippen molar-refractivity contribution in [3.8, 4) is 0 Å². The summed E-state index contributed by atoms with van der Waals surface area (Å²) in [5.74, 6) is -3.31. The monoisotopic (exact) mass is 711 g/mol. The molecule has 3 aromatic heterocycles. The summed E-state index contributed by atoms with van der Waals surface area (Å²) >= 11 is 0. The average Bonchev–Trinajstić information content (AvgIpc) is 3.68. The van der Waals surface area contributed by atoms with Gasteiger partial charge >= 0.3 is 66.9 Å². The van der Waals surface area contributed by atoms with Crippen LogP contribution in [0.1, 0.15) is 103 Å². The molecule has 0 amide bonds. The molecule has 48 heavy (non-hydrogen) atoms. The first-order chi connectivity index (χ1) is 21.9. The minimum atomic E-state index is -1.20. The predicted molar refractivity (Wildman–Crippen MR) is 178 cm³/mol. The van der Waals surface area contributed by atoms with Gasteiger partial charge in [0.05, 0.1) is 35.7 Å². The summed E-state index contributed by atoms with van der Waals surface area (Å²) < 4.78 is 5.19. The maximum Gasteiger partial charge on any atom is 2.00 e. The molecule has 0 unspecified atom stereocenters. The Balaban J connectivity index is 0.00000312. The van der Waals surface area contributed by atoms with Crippen LogP contribution in [-0.4, -0.2) is 54.7 Å². The minimum Gasteiger partial charge on any atom is -0.481 e. The number of carbonyl (C=O) groups excluding carboxylic acids is 1. The molecule has 8 bridgehead atoms. The third-order valence-corrected chi connectivity index (χ3v) is 9.24. The Morgan fingerprint density at radius 1 is 0.958 bits per heavy atom. The predicted octanol–water partition coefficient (Wildman–Crippen LogP) is 4.01. The number of rotatable bonds is 9. The summed E-state index contributed by atoms with van der Waals surface area (Å²) in [6.07, 6.45) is 2.49. The third kappa shape index (κ3) is 7.30. The van der Waals surface area contributed by atoms with Crippen LogP contribution in [-0.2, 0) is 51.4 Å². The summed E-state index contributed by atoms with van der Waals surface area (Å²) in [5, 5.41) is 20.5. The van der Waals surface area contributed by atoms with Crippen molar-refractivity contribution in [3.63, 3.8) is 0 Å². The molecule has 0 aromatic carbocycles. The quantitative estimate of drug-likeness (QED) is 0.192. The van der Waals surface area contributed by atoms with Crippen molar-refractivity contribution in [2.45, 2.75) is 79.1 Å². The van der Waals surface area contributed by atoms with Crippen molar-refractivity contribution in [3.05, 3.63) is 75.4 Å². The maximum atomic E-state index is 12.8. The summed E-state index contributed by atoms with van der Waals surface area (Å²) in [7, 11) is 0. The second-order valence-electron chi connectivity index (χ2n) is 11.9. The number of nitrogens with zero attached hydrogens (tertiary/aromatic N) is 2. The van der Waals surface area contributed by atoms with Crippen molar-refractivity contribution in [1.82, 2.24) is 19.9 Å². The van der Waals surface area contributed by atoms with Gasteiger partial charge in [-0.2, -0.15) is 0 Å². The fourth-order valence-electron chi connectivity index (χ4n) is 6.75. The number of ether oxygens (including phenoxy) is 1. The van der Waals surface area contributed by atoms with E-state index >= 15 is 0 Å². The van der Waals surface area contributed by atoms with Gasteiger partial charge in [0, 0.05) is 57.1 Å². The Kier molecular flexibility index (Phi) is 12.9. The molecule has 2 aliphatic heterocycles. The van der Waals surface area contributed by atoms with E-state index in [1.54, 1.807) is 13.8 Å². The maximum absolute atomic E-state index is 12.8. The van der Waals surface area contributed by atoms with E-state index in [1.807, 2.05) is 39.0 Å². The number of aryl methyl sites for hydroxylation is 3. The number of fused-ring (bicyclic) bond motifs is 8. The second kappa shape index (κ2) is 15.9. The molecule has 0 saturated heterocycles. The van der Waals surface area contributed by atoms with Gasteiger partial charge in [-0.1, -0.05) is 26.5 Å². The molecule has 2 atom stereocenters. The van der Waals surface area contributed by atoms with Crippen molar-refractivity contribution >= 4 is 57.2 Å². The fourth-order valence-corrected chi connectivity index (χ4v) is 6.75. The van der Waals surface area contributed by atoms with Crippen LogP contribution in [0.15, 0.2) is 24.8 Å². The van der Waals surface area contributed by atoms with Gasteiger partial charge in [0.15, 0.2) is 0 Å². The molecular weight excluding hydrogens is 673 g/mol. The molecule has 3 aromatic rings. The second-order valence-corrected chi connectivity index (χ2v) is 11.9. The van der Waals surface area contributed by atoms with Crippen molar-refractivity contribution in [2.24, 2.45) is 0 Å². The number of hydrogen-bond acceptors (Lipinski definition) is 6. The summed E-state index contributed by atoms with van der Waals surface area (Å²) in [5.41, 5.74) is 9.66. The number of carboxylic acid groups (broad SMARTS) is 2. The largest absolute Gasteiger partial charge is 2.00 e. The van der Waals surface area contributed by atoms with Gasteiger partial charge in [-0.3, -0.25) is 14.6 Å². The van der Waals surface area contributed by atoms with Gasteiger partial charge < -0.3 is 24.9 Å². The van der Waals surface area contributed by atoms with Crippen LogP contribution in [0.5, 0.6) is 0 Å². The number of hydrogen-bond donors (Lipinski definition) is 4. The molecule has 10 nitrogen and oxygen atoms in total. The number of aliphatic carboxylic acids is 2. The standard InChI is InChI=1S/C36H40N4O6.Na.Zn/c1-8-21-17(4)25-14-27-19(6)23(11-12-32(43)46-10-3)34(39-27)24(13-31(41)42)35-33(36(44)45)20(7)28(40-35)16-30-22(9-2)18(5)26(38-30)15-29(21)37-25;;/h8,14-16,19,23,37-38H,1,9-13H2,2-7H3,(H,41,42)(H,44,45);;/q;+1;+2/t19-,23-;;/m0../s1. The first-order valence-corrected chi connectivity index (χ1v) is 15.6. The van der Waals surface area contributed by atoms with Crippen LogP contribution >= 0.6 is 0 Å². The SMILES string of the molecule is C=Cc1c(C)c2cc3nc(c(CC(=O)O)c4nc(cc5[nH]c(cc1[nH]2)c(C)c5CC)C(C)=C4C(=O)O)[C@@H](CCC(=O)OCC)[C@@H]3C.[Na+].[Zn+2]. The zero-order valence-electron chi connectivity index (χ0n) is 28.8. The first kappa shape index (κ1) is 39.1. The van der Waals surface area contributed by atoms with Crippen LogP contribution in [0.3, 0.4) is 0 Å².